The summed E-state index contributed by atoms with van der Waals surface area (Å²) in [5, 5.41) is 7.75. The second-order valence-electron chi connectivity index (χ2n) is 5.75. The number of guanidine groups is 1. The molecule has 1 unspecified atom stereocenters. The van der Waals surface area contributed by atoms with Gasteiger partial charge in [-0.2, -0.15) is 0 Å². The second kappa shape index (κ2) is 8.84. The summed E-state index contributed by atoms with van der Waals surface area (Å²) in [5.41, 5.74) is 3.07. The summed E-state index contributed by atoms with van der Waals surface area (Å²) >= 11 is 0. The van der Waals surface area contributed by atoms with Crippen LogP contribution in [0.3, 0.4) is 0 Å². The monoisotopic (exact) mass is 450 g/mol. The summed E-state index contributed by atoms with van der Waals surface area (Å²) in [6.07, 6.45) is 1.80. The molecule has 5 nitrogen and oxygen atoms in total. The molecule has 2 heterocycles. The molecule has 3 rings (SSSR count). The quantitative estimate of drug-likeness (QED) is 0.356. The van der Waals surface area contributed by atoms with Gasteiger partial charge in [0.25, 0.3) is 0 Å². The van der Waals surface area contributed by atoms with Crippen LogP contribution in [-0.2, 0) is 6.54 Å². The van der Waals surface area contributed by atoms with E-state index in [0.29, 0.717) is 12.5 Å². The summed E-state index contributed by atoms with van der Waals surface area (Å²) in [5.74, 6) is 1.60. The fourth-order valence-corrected chi connectivity index (χ4v) is 2.56. The lowest BCUT2D eigenvalue weighted by molar-refractivity contribution is 0.488. The molecule has 0 fully saturated rings. The van der Waals surface area contributed by atoms with E-state index in [2.05, 4.69) is 46.6 Å². The second-order valence-corrected chi connectivity index (χ2v) is 5.75. The summed E-state index contributed by atoms with van der Waals surface area (Å²) in [6, 6.07) is 14.1. The predicted molar refractivity (Wildman–Crippen MR) is 112 cm³/mol. The molecule has 0 aliphatic rings. The lowest BCUT2D eigenvalue weighted by atomic mass is 10.2. The van der Waals surface area contributed by atoms with Gasteiger partial charge in [0.1, 0.15) is 11.3 Å². The van der Waals surface area contributed by atoms with Gasteiger partial charge in [-0.25, -0.2) is 0 Å². The van der Waals surface area contributed by atoms with E-state index in [4.69, 9.17) is 4.42 Å². The van der Waals surface area contributed by atoms with Crippen molar-refractivity contribution in [2.45, 2.75) is 26.4 Å². The van der Waals surface area contributed by atoms with E-state index >= 15 is 0 Å². The van der Waals surface area contributed by atoms with Gasteiger partial charge in [-0.1, -0.05) is 24.3 Å². The molecular formula is C19H23IN4O. The number of hydrogen-bond donors (Lipinski definition) is 2. The molecule has 1 aromatic carbocycles. The number of aryl methyl sites for hydroxylation is 1. The normalized spacial score (nSPS) is 12.5. The number of hydrogen-bond acceptors (Lipinski definition) is 3. The van der Waals surface area contributed by atoms with Crippen molar-refractivity contribution in [1.29, 1.82) is 0 Å². The maximum absolute atomic E-state index is 5.90. The van der Waals surface area contributed by atoms with E-state index in [1.54, 1.807) is 13.2 Å². The molecule has 3 aromatic rings. The van der Waals surface area contributed by atoms with Crippen molar-refractivity contribution in [2.24, 2.45) is 4.99 Å². The third-order valence-electron chi connectivity index (χ3n) is 3.99. The van der Waals surface area contributed by atoms with Crippen LogP contribution in [0.15, 0.2) is 58.1 Å². The lowest BCUT2D eigenvalue weighted by Crippen LogP contribution is -2.38. The Morgan fingerprint density at radius 2 is 2.04 bits per heavy atom. The first-order valence-electron chi connectivity index (χ1n) is 8.03. The SMILES string of the molecule is CN=C(NCc1ncccc1C)NC(C)c1cc2ccccc2o1.I. The molecular weight excluding hydrogens is 427 g/mol. The van der Waals surface area contributed by atoms with E-state index in [9.17, 15) is 0 Å². The highest BCUT2D eigenvalue weighted by Crippen LogP contribution is 2.23. The largest absolute Gasteiger partial charge is 0.459 e. The first kappa shape index (κ1) is 19.2. The molecule has 0 saturated heterocycles. The smallest absolute Gasteiger partial charge is 0.191 e. The molecule has 0 radical (unpaired) electrons. The Bertz CT molecular complexity index is 826. The molecule has 0 spiro atoms. The number of nitrogens with zero attached hydrogens (tertiary/aromatic N) is 2. The van der Waals surface area contributed by atoms with E-state index in [1.165, 1.54) is 0 Å². The Hall–Kier alpha value is -2.09. The number of aliphatic imine (C=N–C) groups is 1. The van der Waals surface area contributed by atoms with Crippen LogP contribution in [0.5, 0.6) is 0 Å². The van der Waals surface area contributed by atoms with Crippen molar-refractivity contribution in [3.63, 3.8) is 0 Å². The van der Waals surface area contributed by atoms with Crippen LogP contribution >= 0.6 is 24.0 Å². The average Bonchev–Trinajstić information content (AvgIpc) is 3.04. The fourth-order valence-electron chi connectivity index (χ4n) is 2.56. The van der Waals surface area contributed by atoms with Crippen molar-refractivity contribution in [3.05, 3.63) is 65.7 Å². The maximum atomic E-state index is 5.90. The number of nitrogens with one attached hydrogen (secondary N) is 2. The lowest BCUT2D eigenvalue weighted by Gasteiger charge is -2.16. The van der Waals surface area contributed by atoms with Crippen molar-refractivity contribution in [3.8, 4) is 0 Å². The molecule has 2 aromatic heterocycles. The van der Waals surface area contributed by atoms with Gasteiger partial charge in [0, 0.05) is 18.6 Å². The van der Waals surface area contributed by atoms with Gasteiger partial charge in [0.05, 0.1) is 18.3 Å². The summed E-state index contributed by atoms with van der Waals surface area (Å²) in [7, 11) is 1.76. The molecule has 2 N–H and O–H groups in total. The zero-order chi connectivity index (χ0) is 16.9. The standard InChI is InChI=1S/C19H22N4O.HI/c1-13-7-6-10-21-16(13)12-22-19(20-3)23-14(2)18-11-15-8-4-5-9-17(15)24-18;/h4-11,14H,12H2,1-3H3,(H2,20,22,23);1H. The third kappa shape index (κ3) is 4.72. The van der Waals surface area contributed by atoms with Crippen LogP contribution < -0.4 is 10.6 Å². The van der Waals surface area contributed by atoms with Crippen LogP contribution in [0.25, 0.3) is 11.0 Å². The minimum Gasteiger partial charge on any atom is -0.459 e. The summed E-state index contributed by atoms with van der Waals surface area (Å²) < 4.78 is 5.90. The first-order chi connectivity index (χ1) is 11.7. The minimum atomic E-state index is 0. The number of rotatable bonds is 4. The zero-order valence-electron chi connectivity index (χ0n) is 14.6. The Kier molecular flexibility index (Phi) is 6.81. The van der Waals surface area contributed by atoms with Crippen LogP contribution in [0.1, 0.15) is 30.0 Å². The Morgan fingerprint density at radius 3 is 2.76 bits per heavy atom. The fraction of sp³-hybridized carbons (Fsp3) is 0.263. The number of aromatic nitrogens is 1. The topological polar surface area (TPSA) is 62.5 Å². The average molecular weight is 450 g/mol. The van der Waals surface area contributed by atoms with Crippen molar-refractivity contribution < 1.29 is 4.42 Å². The number of benzene rings is 1. The van der Waals surface area contributed by atoms with Crippen LogP contribution in [0.2, 0.25) is 0 Å². The van der Waals surface area contributed by atoms with E-state index < -0.39 is 0 Å². The van der Waals surface area contributed by atoms with E-state index in [0.717, 1.165) is 28.0 Å². The van der Waals surface area contributed by atoms with Gasteiger partial charge in [-0.3, -0.25) is 9.98 Å². The van der Waals surface area contributed by atoms with E-state index in [-0.39, 0.29) is 30.0 Å². The molecule has 6 heteroatoms. The molecule has 0 aliphatic carbocycles. The number of furan rings is 1. The Balaban J connectivity index is 0.00000225. The molecule has 0 saturated carbocycles. The number of para-hydroxylation sites is 1. The number of pyridine rings is 1. The highest BCUT2D eigenvalue weighted by Gasteiger charge is 2.13. The molecule has 1 atom stereocenters. The van der Waals surface area contributed by atoms with Gasteiger partial charge in [-0.05, 0) is 37.6 Å². The van der Waals surface area contributed by atoms with Gasteiger partial charge in [0.15, 0.2) is 5.96 Å². The maximum Gasteiger partial charge on any atom is 0.191 e. The first-order valence-corrected chi connectivity index (χ1v) is 8.03. The summed E-state index contributed by atoms with van der Waals surface area (Å²) in [4.78, 5) is 8.66. The Morgan fingerprint density at radius 1 is 1.24 bits per heavy atom. The molecule has 0 aliphatic heterocycles. The minimum absolute atomic E-state index is 0. The van der Waals surface area contributed by atoms with Crippen molar-refractivity contribution in [2.75, 3.05) is 7.05 Å². The molecule has 132 valence electrons. The highest BCUT2D eigenvalue weighted by atomic mass is 127. The van der Waals surface area contributed by atoms with Crippen molar-refractivity contribution >= 4 is 40.9 Å². The van der Waals surface area contributed by atoms with Crippen LogP contribution in [-0.4, -0.2) is 18.0 Å². The zero-order valence-corrected chi connectivity index (χ0v) is 16.9. The predicted octanol–water partition coefficient (Wildman–Crippen LogP) is 4.18. The Labute approximate surface area is 165 Å². The molecule has 0 amide bonds. The molecule has 25 heavy (non-hydrogen) atoms. The highest BCUT2D eigenvalue weighted by molar-refractivity contribution is 14.0. The van der Waals surface area contributed by atoms with Crippen molar-refractivity contribution in [1.82, 2.24) is 15.6 Å². The van der Waals surface area contributed by atoms with Crippen LogP contribution in [0.4, 0.5) is 0 Å². The van der Waals surface area contributed by atoms with Gasteiger partial charge in [0.2, 0.25) is 0 Å². The van der Waals surface area contributed by atoms with Gasteiger partial charge in [-0.15, -0.1) is 24.0 Å². The number of fused-ring (bicyclic) bond motifs is 1. The van der Waals surface area contributed by atoms with Gasteiger partial charge >= 0.3 is 0 Å². The third-order valence-corrected chi connectivity index (χ3v) is 3.99. The molecule has 0 bridgehead atoms. The summed E-state index contributed by atoms with van der Waals surface area (Å²) in [6.45, 7) is 4.73. The van der Waals surface area contributed by atoms with Gasteiger partial charge < -0.3 is 15.1 Å². The number of halogens is 1. The van der Waals surface area contributed by atoms with E-state index in [1.807, 2.05) is 30.3 Å². The van der Waals surface area contributed by atoms with Crippen LogP contribution in [0, 0.1) is 6.92 Å².